The van der Waals surface area contributed by atoms with Crippen molar-refractivity contribution in [1.29, 1.82) is 0 Å². The van der Waals surface area contributed by atoms with E-state index in [-0.39, 0.29) is 36.5 Å². The van der Waals surface area contributed by atoms with Crippen LogP contribution in [-0.4, -0.2) is 57.3 Å². The first-order valence-corrected chi connectivity index (χ1v) is 18.5. The number of hydrogen-bond acceptors (Lipinski definition) is 10. The van der Waals surface area contributed by atoms with Crippen molar-refractivity contribution < 1.29 is 9.59 Å². The third kappa shape index (κ3) is 9.39. The van der Waals surface area contributed by atoms with Crippen LogP contribution < -0.4 is 20.7 Å². The fourth-order valence-electron chi connectivity index (χ4n) is 6.13. The number of aromatic nitrogens is 4. The van der Waals surface area contributed by atoms with Crippen molar-refractivity contribution in [2.45, 2.75) is 0 Å². The summed E-state index contributed by atoms with van der Waals surface area (Å²) in [4.78, 5) is 46.2. The Morgan fingerprint density at radius 3 is 1.41 bits per heavy atom. The van der Waals surface area contributed by atoms with Gasteiger partial charge < -0.3 is 10.6 Å². The molecule has 12 heteroatoms. The second-order valence-corrected chi connectivity index (χ2v) is 13.1. The third-order valence-electron chi connectivity index (χ3n) is 8.95. The molecular weight excluding hydrogens is 725 g/mol. The number of nitrogens with one attached hydrogen (secondary N) is 2. The molecule has 0 fully saturated rings. The maximum atomic E-state index is 13.8. The van der Waals surface area contributed by atoms with Crippen LogP contribution >= 0.6 is 0 Å². The van der Waals surface area contributed by atoms with Crippen molar-refractivity contribution in [3.63, 3.8) is 0 Å². The summed E-state index contributed by atoms with van der Waals surface area (Å²) in [6, 6.07) is 49.3. The van der Waals surface area contributed by atoms with Crippen molar-refractivity contribution in [3.05, 3.63) is 182 Å². The average molecular weight is 761 g/mol. The molecule has 0 bridgehead atoms. The minimum Gasteiger partial charge on any atom is -0.324 e. The summed E-state index contributed by atoms with van der Waals surface area (Å²) >= 11 is 0. The summed E-state index contributed by atoms with van der Waals surface area (Å²) in [6.45, 7) is -0.443. The Bertz CT molecular complexity index is 2580. The fourth-order valence-corrected chi connectivity index (χ4v) is 6.13. The molecule has 2 N–H and O–H groups in total. The lowest BCUT2D eigenvalue weighted by Gasteiger charge is -2.22. The van der Waals surface area contributed by atoms with Crippen LogP contribution in [0.4, 0.5) is 23.0 Å². The summed E-state index contributed by atoms with van der Waals surface area (Å²) in [6.07, 6.45) is 6.44. The number of pyridine rings is 2. The first kappa shape index (κ1) is 36.8. The largest absolute Gasteiger partial charge is 0.324 e. The van der Waals surface area contributed by atoms with Crippen LogP contribution in [-0.2, 0) is 9.59 Å². The number of anilines is 4. The summed E-state index contributed by atoms with van der Waals surface area (Å²) in [5.41, 5.74) is 3.13. The molecule has 0 saturated carbocycles. The van der Waals surface area contributed by atoms with Gasteiger partial charge in [-0.05, 0) is 70.1 Å². The molecule has 8 aromatic rings. The molecule has 8 rings (SSSR count). The Balaban J connectivity index is 1.17. The van der Waals surface area contributed by atoms with Gasteiger partial charge in [0.25, 0.3) is 0 Å². The van der Waals surface area contributed by atoms with E-state index in [1.165, 1.54) is 10.0 Å². The van der Waals surface area contributed by atoms with E-state index >= 15 is 0 Å². The maximum Gasteiger partial charge on any atom is 0.246 e. The van der Waals surface area contributed by atoms with Gasteiger partial charge in [0.15, 0.2) is 17.5 Å². The van der Waals surface area contributed by atoms with Crippen LogP contribution in [0.15, 0.2) is 180 Å². The molecule has 5 aromatic carbocycles. The summed E-state index contributed by atoms with van der Waals surface area (Å²) in [5.74, 6) is 0.203. The Morgan fingerprint density at radius 2 is 0.948 bits per heavy atom. The highest BCUT2D eigenvalue weighted by molar-refractivity contribution is 5.98. The zero-order valence-corrected chi connectivity index (χ0v) is 31.1. The number of amides is 2. The fraction of sp³-hybridized carbons (Fsp3) is 0.0435. The normalized spacial score (nSPS) is 11.2. The van der Waals surface area contributed by atoms with E-state index in [9.17, 15) is 9.59 Å². The van der Waals surface area contributed by atoms with E-state index in [1.807, 2.05) is 140 Å². The van der Waals surface area contributed by atoms with Gasteiger partial charge in [-0.3, -0.25) is 19.6 Å². The van der Waals surface area contributed by atoms with Crippen LogP contribution in [0.2, 0.25) is 0 Å². The number of hydrazone groups is 2. The van der Waals surface area contributed by atoms with E-state index in [2.05, 4.69) is 20.6 Å². The Morgan fingerprint density at radius 1 is 0.500 bits per heavy atom. The first-order chi connectivity index (χ1) is 28.5. The number of nitrogens with zero attached hydrogens (tertiary/aromatic N) is 8. The van der Waals surface area contributed by atoms with E-state index in [0.29, 0.717) is 34.2 Å². The van der Waals surface area contributed by atoms with Crippen molar-refractivity contribution in [2.24, 2.45) is 10.2 Å². The molecule has 0 atom stereocenters. The van der Waals surface area contributed by atoms with Gasteiger partial charge in [0.2, 0.25) is 11.8 Å². The van der Waals surface area contributed by atoms with Crippen LogP contribution in [0.1, 0.15) is 11.4 Å². The van der Waals surface area contributed by atoms with Gasteiger partial charge in [0, 0.05) is 35.4 Å². The first-order valence-electron chi connectivity index (χ1n) is 18.5. The van der Waals surface area contributed by atoms with Crippen molar-refractivity contribution in [2.75, 3.05) is 33.7 Å². The van der Waals surface area contributed by atoms with Crippen molar-refractivity contribution in [1.82, 2.24) is 19.9 Å². The highest BCUT2D eigenvalue weighted by Crippen LogP contribution is 2.27. The monoisotopic (exact) mass is 760 g/mol. The SMILES string of the molecule is O=C(CN(/N=C/c1ccccn1)c1cc(N(CC(=O)Nc2ccc3ccccc3c2)/N=C/c2ccccn2)nc(-c2ccccc2)n1)Nc1ccc2ccccc2c1. The Hall–Kier alpha value is -8.12. The molecule has 3 aromatic heterocycles. The van der Waals surface area contributed by atoms with E-state index in [0.717, 1.165) is 21.5 Å². The van der Waals surface area contributed by atoms with Crippen LogP contribution in [0.3, 0.4) is 0 Å². The number of fused-ring (bicyclic) bond motifs is 2. The minimum absolute atomic E-state index is 0.222. The van der Waals surface area contributed by atoms with Gasteiger partial charge in [-0.1, -0.05) is 103 Å². The molecule has 282 valence electrons. The molecule has 0 radical (unpaired) electrons. The van der Waals surface area contributed by atoms with Gasteiger partial charge >= 0.3 is 0 Å². The lowest BCUT2D eigenvalue weighted by Crippen LogP contribution is -2.32. The zero-order chi connectivity index (χ0) is 39.5. The number of carbonyl (C=O) groups excluding carboxylic acids is 2. The molecule has 58 heavy (non-hydrogen) atoms. The van der Waals surface area contributed by atoms with E-state index in [1.54, 1.807) is 43.0 Å². The second kappa shape index (κ2) is 17.6. The molecule has 0 aliphatic carbocycles. The summed E-state index contributed by atoms with van der Waals surface area (Å²) in [5, 5.41) is 22.5. The standard InChI is InChI=1S/C46H36N10O2/c57-44(51-38-22-20-33-12-4-6-16-36(33)26-38)31-55(49-29-40-18-8-10-24-47-40)42-28-43(54-46(53-42)35-14-2-1-3-15-35)56(50-30-41-19-9-11-25-48-41)32-45(58)52-39-23-21-34-13-5-7-17-37(34)27-39/h1-30H,31-32H2,(H,51,57)(H,52,58)/b49-29+,50-30+. The smallest absolute Gasteiger partial charge is 0.246 e. The lowest BCUT2D eigenvalue weighted by atomic mass is 10.1. The number of hydrogen-bond donors (Lipinski definition) is 2. The predicted molar refractivity (Wildman–Crippen MR) is 231 cm³/mol. The Kier molecular flexibility index (Phi) is 11.2. The summed E-state index contributed by atoms with van der Waals surface area (Å²) in [7, 11) is 0. The van der Waals surface area contributed by atoms with E-state index < -0.39 is 0 Å². The number of rotatable bonds is 13. The van der Waals surface area contributed by atoms with Gasteiger partial charge in [-0.25, -0.2) is 20.0 Å². The van der Waals surface area contributed by atoms with Crippen molar-refractivity contribution in [3.8, 4) is 11.4 Å². The number of carbonyl (C=O) groups is 2. The molecule has 2 amide bonds. The van der Waals surface area contributed by atoms with Gasteiger partial charge in [0.05, 0.1) is 23.8 Å². The van der Waals surface area contributed by atoms with Gasteiger partial charge in [-0.2, -0.15) is 10.2 Å². The van der Waals surface area contributed by atoms with Crippen LogP contribution in [0.25, 0.3) is 32.9 Å². The minimum atomic E-state index is -0.338. The second-order valence-electron chi connectivity index (χ2n) is 13.1. The summed E-state index contributed by atoms with van der Waals surface area (Å²) < 4.78 is 0. The molecule has 3 heterocycles. The molecule has 0 aliphatic heterocycles. The van der Waals surface area contributed by atoms with Crippen LogP contribution in [0.5, 0.6) is 0 Å². The molecule has 0 spiro atoms. The maximum absolute atomic E-state index is 13.8. The quantitative estimate of drug-likeness (QED) is 0.0886. The topological polar surface area (TPSA) is 141 Å². The lowest BCUT2D eigenvalue weighted by molar-refractivity contribution is -0.115. The van der Waals surface area contributed by atoms with E-state index in [4.69, 9.17) is 20.2 Å². The highest BCUT2D eigenvalue weighted by atomic mass is 16.2. The molecule has 0 aliphatic rings. The van der Waals surface area contributed by atoms with Crippen LogP contribution in [0, 0.1) is 0 Å². The zero-order valence-electron chi connectivity index (χ0n) is 31.1. The van der Waals surface area contributed by atoms with Gasteiger partial charge in [-0.15, -0.1) is 0 Å². The molecule has 0 saturated heterocycles. The molecular formula is C46H36N10O2. The predicted octanol–water partition coefficient (Wildman–Crippen LogP) is 8.20. The Labute approximate surface area is 334 Å². The van der Waals surface area contributed by atoms with Crippen molar-refractivity contribution >= 4 is 68.8 Å². The number of benzene rings is 5. The third-order valence-corrected chi connectivity index (χ3v) is 8.95. The molecule has 0 unspecified atom stereocenters. The molecule has 12 nitrogen and oxygen atoms in total. The average Bonchev–Trinajstić information content (AvgIpc) is 3.27. The van der Waals surface area contributed by atoms with Gasteiger partial charge in [0.1, 0.15) is 13.1 Å². The highest BCUT2D eigenvalue weighted by Gasteiger charge is 2.21.